The van der Waals surface area contributed by atoms with Gasteiger partial charge in [-0.05, 0) is 18.1 Å². The van der Waals surface area contributed by atoms with Gasteiger partial charge >= 0.3 is 0 Å². The number of nitro groups is 1. The van der Waals surface area contributed by atoms with E-state index in [9.17, 15) is 10.1 Å². The molecule has 7 heteroatoms. The van der Waals surface area contributed by atoms with E-state index in [1.807, 2.05) is 5.38 Å². The molecule has 1 N–H and O–H groups in total. The number of benzene rings is 1. The second kappa shape index (κ2) is 7.14. The van der Waals surface area contributed by atoms with Crippen molar-refractivity contribution in [1.29, 1.82) is 0 Å². The molecule has 6 nitrogen and oxygen atoms in total. The van der Waals surface area contributed by atoms with Gasteiger partial charge in [0.05, 0.1) is 24.1 Å². The number of ether oxygens (including phenoxy) is 1. The van der Waals surface area contributed by atoms with Gasteiger partial charge in [-0.1, -0.05) is 6.92 Å². The Balaban J connectivity index is 2.11. The predicted octanol–water partition coefficient (Wildman–Crippen LogP) is 3.30. The number of nitrogens with one attached hydrogen (secondary N) is 1. The summed E-state index contributed by atoms with van der Waals surface area (Å²) in [5, 5.41) is 17.3. The Kier molecular flexibility index (Phi) is 5.24. The zero-order valence-corrected chi connectivity index (χ0v) is 12.7. The largest absolute Gasteiger partial charge is 0.496 e. The molecule has 0 aliphatic carbocycles. The lowest BCUT2D eigenvalue weighted by molar-refractivity contribution is -0.385. The van der Waals surface area contributed by atoms with Crippen molar-refractivity contribution in [2.75, 3.05) is 7.11 Å². The van der Waals surface area contributed by atoms with Crippen molar-refractivity contribution in [3.63, 3.8) is 0 Å². The van der Waals surface area contributed by atoms with Gasteiger partial charge in [-0.15, -0.1) is 11.3 Å². The highest BCUT2D eigenvalue weighted by atomic mass is 32.1. The molecule has 0 saturated heterocycles. The van der Waals surface area contributed by atoms with E-state index in [0.29, 0.717) is 12.3 Å². The first-order valence-electron chi connectivity index (χ1n) is 6.59. The summed E-state index contributed by atoms with van der Waals surface area (Å²) in [5.74, 6) is 0.489. The summed E-state index contributed by atoms with van der Waals surface area (Å²) in [7, 11) is 1.50. The Morgan fingerprint density at radius 1 is 1.48 bits per heavy atom. The van der Waals surface area contributed by atoms with Gasteiger partial charge in [0, 0.05) is 24.2 Å². The van der Waals surface area contributed by atoms with Crippen LogP contribution in [0.4, 0.5) is 5.69 Å². The second-order valence-electron chi connectivity index (χ2n) is 4.51. The minimum atomic E-state index is -0.413. The zero-order valence-electron chi connectivity index (χ0n) is 11.9. The van der Waals surface area contributed by atoms with E-state index in [0.717, 1.165) is 17.0 Å². The summed E-state index contributed by atoms with van der Waals surface area (Å²) in [4.78, 5) is 14.8. The van der Waals surface area contributed by atoms with Crippen molar-refractivity contribution in [3.05, 3.63) is 50.5 Å². The molecule has 1 aromatic heterocycles. The standard InChI is InChI=1S/C14H17N3O3S/c1-3-13(14-15-4-5-21-14)16-9-10-6-11(17(18)19)8-12(7-10)20-2/h4-8,13,16H,3,9H2,1-2H3. The number of methoxy groups -OCH3 is 1. The third-order valence-corrected chi connectivity index (χ3v) is 4.00. The summed E-state index contributed by atoms with van der Waals surface area (Å²) in [5.41, 5.74) is 0.851. The molecule has 0 aliphatic heterocycles. The normalized spacial score (nSPS) is 12.1. The number of non-ortho nitro benzene ring substituents is 1. The summed E-state index contributed by atoms with van der Waals surface area (Å²) < 4.78 is 5.11. The first-order valence-corrected chi connectivity index (χ1v) is 7.47. The Morgan fingerprint density at radius 2 is 2.29 bits per heavy atom. The van der Waals surface area contributed by atoms with Crippen LogP contribution in [0.25, 0.3) is 0 Å². The molecule has 1 atom stereocenters. The molecule has 21 heavy (non-hydrogen) atoms. The monoisotopic (exact) mass is 307 g/mol. The van der Waals surface area contributed by atoms with Crippen molar-refractivity contribution < 1.29 is 9.66 Å². The first kappa shape index (κ1) is 15.4. The predicted molar refractivity (Wildman–Crippen MR) is 81.6 cm³/mol. The molecule has 0 radical (unpaired) electrons. The fourth-order valence-electron chi connectivity index (χ4n) is 2.02. The summed E-state index contributed by atoms with van der Waals surface area (Å²) >= 11 is 1.60. The summed E-state index contributed by atoms with van der Waals surface area (Å²) in [6, 6.07) is 4.93. The molecule has 1 heterocycles. The Hall–Kier alpha value is -1.99. The molecule has 1 aromatic carbocycles. The molecule has 0 saturated carbocycles. The van der Waals surface area contributed by atoms with E-state index in [1.54, 1.807) is 29.7 Å². The highest BCUT2D eigenvalue weighted by molar-refractivity contribution is 7.09. The lowest BCUT2D eigenvalue weighted by Gasteiger charge is -2.14. The van der Waals surface area contributed by atoms with Gasteiger partial charge in [-0.2, -0.15) is 0 Å². The van der Waals surface area contributed by atoms with E-state index in [-0.39, 0.29) is 11.7 Å². The Morgan fingerprint density at radius 3 is 2.86 bits per heavy atom. The number of thiazole rings is 1. The van der Waals surface area contributed by atoms with Crippen molar-refractivity contribution in [3.8, 4) is 5.75 Å². The van der Waals surface area contributed by atoms with Gasteiger partial charge in [0.15, 0.2) is 0 Å². The molecule has 0 fully saturated rings. The highest BCUT2D eigenvalue weighted by Crippen LogP contribution is 2.24. The van der Waals surface area contributed by atoms with Crippen molar-refractivity contribution in [2.24, 2.45) is 0 Å². The van der Waals surface area contributed by atoms with Crippen LogP contribution in [0.1, 0.15) is 30.0 Å². The van der Waals surface area contributed by atoms with E-state index in [4.69, 9.17) is 4.74 Å². The van der Waals surface area contributed by atoms with Crippen LogP contribution in [0.5, 0.6) is 5.75 Å². The summed E-state index contributed by atoms with van der Waals surface area (Å²) in [6.07, 6.45) is 2.68. The smallest absolute Gasteiger partial charge is 0.273 e. The molecular weight excluding hydrogens is 290 g/mol. The van der Waals surface area contributed by atoms with Gasteiger partial charge < -0.3 is 10.1 Å². The summed E-state index contributed by atoms with van der Waals surface area (Å²) in [6.45, 7) is 2.60. The lowest BCUT2D eigenvalue weighted by Crippen LogP contribution is -2.20. The van der Waals surface area contributed by atoms with E-state index in [1.165, 1.54) is 13.2 Å². The van der Waals surface area contributed by atoms with Gasteiger partial charge in [-0.3, -0.25) is 10.1 Å². The minimum Gasteiger partial charge on any atom is -0.496 e. The second-order valence-corrected chi connectivity index (χ2v) is 5.43. The third kappa shape index (κ3) is 3.99. The molecule has 0 aliphatic rings. The first-order chi connectivity index (χ1) is 10.1. The molecule has 0 amide bonds. The van der Waals surface area contributed by atoms with Crippen LogP contribution in [0.2, 0.25) is 0 Å². The molecule has 2 aromatic rings. The maximum atomic E-state index is 10.9. The van der Waals surface area contributed by atoms with E-state index >= 15 is 0 Å². The van der Waals surface area contributed by atoms with Crippen LogP contribution in [0, 0.1) is 10.1 Å². The number of aromatic nitrogens is 1. The molecule has 0 spiro atoms. The SMILES string of the molecule is CCC(NCc1cc(OC)cc([N+](=O)[O-])c1)c1nccs1. The van der Waals surface area contributed by atoms with Crippen LogP contribution < -0.4 is 10.1 Å². The van der Waals surface area contributed by atoms with Crippen LogP contribution in [0.3, 0.4) is 0 Å². The number of hydrogen-bond donors (Lipinski definition) is 1. The lowest BCUT2D eigenvalue weighted by atomic mass is 10.1. The molecule has 112 valence electrons. The van der Waals surface area contributed by atoms with E-state index in [2.05, 4.69) is 17.2 Å². The number of nitro benzene ring substituents is 1. The van der Waals surface area contributed by atoms with Crippen molar-refractivity contribution >= 4 is 17.0 Å². The van der Waals surface area contributed by atoms with Gasteiger partial charge in [-0.25, -0.2) is 4.98 Å². The van der Waals surface area contributed by atoms with Crippen LogP contribution >= 0.6 is 11.3 Å². The molecular formula is C14H17N3O3S. The van der Waals surface area contributed by atoms with Gasteiger partial charge in [0.2, 0.25) is 0 Å². The van der Waals surface area contributed by atoms with Crippen LogP contribution in [0.15, 0.2) is 29.8 Å². The molecule has 2 rings (SSSR count). The number of nitrogens with zero attached hydrogens (tertiary/aromatic N) is 2. The minimum absolute atomic E-state index is 0.0356. The third-order valence-electron chi connectivity index (χ3n) is 3.11. The number of rotatable bonds is 7. The highest BCUT2D eigenvalue weighted by Gasteiger charge is 2.14. The van der Waals surface area contributed by atoms with Crippen LogP contribution in [-0.4, -0.2) is 17.0 Å². The molecule has 0 bridgehead atoms. The maximum absolute atomic E-state index is 10.9. The van der Waals surface area contributed by atoms with Crippen LogP contribution in [-0.2, 0) is 6.54 Å². The topological polar surface area (TPSA) is 77.3 Å². The van der Waals surface area contributed by atoms with Crippen molar-refractivity contribution in [1.82, 2.24) is 10.3 Å². The maximum Gasteiger partial charge on any atom is 0.273 e. The number of hydrogen-bond acceptors (Lipinski definition) is 6. The fourth-order valence-corrected chi connectivity index (χ4v) is 2.82. The zero-order chi connectivity index (χ0) is 15.2. The Bertz CT molecular complexity index is 602. The van der Waals surface area contributed by atoms with Gasteiger partial charge in [0.25, 0.3) is 5.69 Å². The molecule has 1 unspecified atom stereocenters. The Labute approximate surface area is 126 Å². The average molecular weight is 307 g/mol. The van der Waals surface area contributed by atoms with Crippen molar-refractivity contribution in [2.45, 2.75) is 25.9 Å². The van der Waals surface area contributed by atoms with E-state index < -0.39 is 4.92 Å². The average Bonchev–Trinajstić information content (AvgIpc) is 3.01. The fraction of sp³-hybridized carbons (Fsp3) is 0.357. The quantitative estimate of drug-likeness (QED) is 0.627. The van der Waals surface area contributed by atoms with Gasteiger partial charge in [0.1, 0.15) is 10.8 Å².